The van der Waals surface area contributed by atoms with Crippen LogP contribution >= 0.6 is 0 Å². The molecule has 0 N–H and O–H groups in total. The Kier molecular flexibility index (Phi) is 5.40. The zero-order valence-electron chi connectivity index (χ0n) is 15.2. The number of aryl methyl sites for hydroxylation is 1. The number of benzene rings is 1. The van der Waals surface area contributed by atoms with E-state index in [1.54, 1.807) is 27.7 Å². The fourth-order valence-corrected chi connectivity index (χ4v) is 3.43. The molecule has 138 valence electrons. The van der Waals surface area contributed by atoms with Gasteiger partial charge in [0.05, 0.1) is 0 Å². The predicted octanol–water partition coefficient (Wildman–Crippen LogP) is 2.67. The van der Waals surface area contributed by atoms with E-state index in [0.717, 1.165) is 24.3 Å². The van der Waals surface area contributed by atoms with Crippen LogP contribution in [0.4, 0.5) is 10.1 Å². The highest BCUT2D eigenvalue weighted by molar-refractivity contribution is 5.94. The number of nitrogens with zero attached hydrogens (tertiary/aromatic N) is 3. The quantitative estimate of drug-likeness (QED) is 0.848. The van der Waals surface area contributed by atoms with E-state index in [1.807, 2.05) is 19.9 Å². The summed E-state index contributed by atoms with van der Waals surface area (Å²) in [4.78, 5) is 29.4. The second-order valence-electron chi connectivity index (χ2n) is 6.55. The van der Waals surface area contributed by atoms with Gasteiger partial charge in [0, 0.05) is 44.1 Å². The summed E-state index contributed by atoms with van der Waals surface area (Å²) in [5.41, 5.74) is 1.81. The predicted molar refractivity (Wildman–Crippen MR) is 100 cm³/mol. The molecular weight excluding hydrogens is 333 g/mol. The molecule has 1 aromatic heterocycles. The van der Waals surface area contributed by atoms with Crippen molar-refractivity contribution in [2.75, 3.05) is 31.1 Å². The van der Waals surface area contributed by atoms with Crippen molar-refractivity contribution >= 4 is 11.6 Å². The Morgan fingerprint density at radius 3 is 2.46 bits per heavy atom. The van der Waals surface area contributed by atoms with E-state index < -0.39 is 0 Å². The summed E-state index contributed by atoms with van der Waals surface area (Å²) in [6, 6.07) is 9.86. The highest BCUT2D eigenvalue weighted by Gasteiger charge is 2.23. The minimum atomic E-state index is -0.257. The number of carbonyl (C=O) groups excluding carboxylic acids is 1. The average Bonchev–Trinajstić information content (AvgIpc) is 2.88. The standard InChI is InChI=1S/C20H24FN3O2/c1-3-24-15(2)5-10-18(20(24)26)19(25)23-12-4-11-22(13-14-23)17-8-6-16(21)7-9-17/h5-10H,3-4,11-14H2,1-2H3. The van der Waals surface area contributed by atoms with Gasteiger partial charge in [-0.1, -0.05) is 0 Å². The Morgan fingerprint density at radius 1 is 1.04 bits per heavy atom. The van der Waals surface area contributed by atoms with E-state index in [9.17, 15) is 14.0 Å². The molecule has 1 aliphatic heterocycles. The van der Waals surface area contributed by atoms with Gasteiger partial charge in [-0.05, 0) is 56.7 Å². The summed E-state index contributed by atoms with van der Waals surface area (Å²) >= 11 is 0. The summed E-state index contributed by atoms with van der Waals surface area (Å²) < 4.78 is 14.7. The van der Waals surface area contributed by atoms with E-state index in [1.165, 1.54) is 12.1 Å². The van der Waals surface area contributed by atoms with Gasteiger partial charge in [0.2, 0.25) is 0 Å². The summed E-state index contributed by atoms with van der Waals surface area (Å²) in [6.45, 7) is 6.91. The van der Waals surface area contributed by atoms with Crippen LogP contribution in [0.1, 0.15) is 29.4 Å². The van der Waals surface area contributed by atoms with Crippen LogP contribution in [0.15, 0.2) is 41.2 Å². The van der Waals surface area contributed by atoms with Crippen LogP contribution in [0.5, 0.6) is 0 Å². The summed E-state index contributed by atoms with van der Waals surface area (Å²) in [5.74, 6) is -0.467. The number of halogens is 1. The van der Waals surface area contributed by atoms with Crippen LogP contribution in [-0.4, -0.2) is 41.6 Å². The van der Waals surface area contributed by atoms with E-state index in [-0.39, 0.29) is 22.8 Å². The fourth-order valence-electron chi connectivity index (χ4n) is 3.43. The molecule has 1 aromatic carbocycles. The zero-order chi connectivity index (χ0) is 18.7. The lowest BCUT2D eigenvalue weighted by Crippen LogP contribution is -2.39. The Labute approximate surface area is 152 Å². The molecule has 0 aliphatic carbocycles. The maximum absolute atomic E-state index is 13.1. The largest absolute Gasteiger partial charge is 0.370 e. The van der Waals surface area contributed by atoms with Crippen LogP contribution in [0.2, 0.25) is 0 Å². The minimum Gasteiger partial charge on any atom is -0.370 e. The van der Waals surface area contributed by atoms with Crippen molar-refractivity contribution in [3.8, 4) is 0 Å². The Balaban J connectivity index is 1.76. The highest BCUT2D eigenvalue weighted by Crippen LogP contribution is 2.17. The first-order chi connectivity index (χ1) is 12.5. The molecule has 6 heteroatoms. The molecule has 2 aromatic rings. The van der Waals surface area contributed by atoms with Crippen LogP contribution in [-0.2, 0) is 6.54 Å². The molecule has 1 fully saturated rings. The van der Waals surface area contributed by atoms with E-state index in [2.05, 4.69) is 4.90 Å². The third kappa shape index (κ3) is 3.64. The number of anilines is 1. The van der Waals surface area contributed by atoms with Gasteiger partial charge < -0.3 is 14.4 Å². The molecule has 1 saturated heterocycles. The summed E-state index contributed by atoms with van der Waals surface area (Å²) in [7, 11) is 0. The lowest BCUT2D eigenvalue weighted by atomic mass is 10.2. The fraction of sp³-hybridized carbons (Fsp3) is 0.400. The Bertz CT molecular complexity index is 845. The first kappa shape index (κ1) is 18.2. The van der Waals surface area contributed by atoms with Gasteiger partial charge in [-0.15, -0.1) is 0 Å². The zero-order valence-corrected chi connectivity index (χ0v) is 15.2. The van der Waals surface area contributed by atoms with E-state index in [0.29, 0.717) is 26.2 Å². The van der Waals surface area contributed by atoms with Gasteiger partial charge in [0.25, 0.3) is 11.5 Å². The first-order valence-corrected chi connectivity index (χ1v) is 9.01. The van der Waals surface area contributed by atoms with Gasteiger partial charge in [-0.2, -0.15) is 0 Å². The molecule has 1 aliphatic rings. The number of rotatable bonds is 3. The van der Waals surface area contributed by atoms with Crippen molar-refractivity contribution in [2.45, 2.75) is 26.8 Å². The van der Waals surface area contributed by atoms with Crippen LogP contribution in [0, 0.1) is 12.7 Å². The van der Waals surface area contributed by atoms with Crippen molar-refractivity contribution in [2.24, 2.45) is 0 Å². The molecule has 0 unspecified atom stereocenters. The monoisotopic (exact) mass is 357 g/mol. The average molecular weight is 357 g/mol. The van der Waals surface area contributed by atoms with Crippen molar-refractivity contribution < 1.29 is 9.18 Å². The molecule has 1 amide bonds. The molecule has 0 spiro atoms. The number of hydrogen-bond donors (Lipinski definition) is 0. The van der Waals surface area contributed by atoms with Crippen molar-refractivity contribution in [3.63, 3.8) is 0 Å². The number of pyridine rings is 1. The molecule has 0 saturated carbocycles. The van der Waals surface area contributed by atoms with Crippen LogP contribution in [0.3, 0.4) is 0 Å². The third-order valence-electron chi connectivity index (χ3n) is 4.91. The molecule has 0 bridgehead atoms. The molecule has 5 nitrogen and oxygen atoms in total. The van der Waals surface area contributed by atoms with Crippen molar-refractivity contribution in [1.82, 2.24) is 9.47 Å². The Hall–Kier alpha value is -2.63. The van der Waals surface area contributed by atoms with Crippen molar-refractivity contribution in [3.05, 3.63) is 63.8 Å². The third-order valence-corrected chi connectivity index (χ3v) is 4.91. The van der Waals surface area contributed by atoms with Crippen molar-refractivity contribution in [1.29, 1.82) is 0 Å². The number of carbonyl (C=O) groups is 1. The maximum Gasteiger partial charge on any atom is 0.263 e. The molecule has 26 heavy (non-hydrogen) atoms. The van der Waals surface area contributed by atoms with E-state index >= 15 is 0 Å². The number of aromatic nitrogens is 1. The first-order valence-electron chi connectivity index (χ1n) is 9.01. The molecule has 0 atom stereocenters. The van der Waals surface area contributed by atoms with Crippen LogP contribution in [0.25, 0.3) is 0 Å². The molecular formula is C20H24FN3O2. The molecule has 3 rings (SSSR count). The minimum absolute atomic E-state index is 0.210. The lowest BCUT2D eigenvalue weighted by Gasteiger charge is -2.24. The molecule has 0 radical (unpaired) electrons. The second-order valence-corrected chi connectivity index (χ2v) is 6.55. The number of hydrogen-bond acceptors (Lipinski definition) is 3. The Morgan fingerprint density at radius 2 is 1.77 bits per heavy atom. The smallest absolute Gasteiger partial charge is 0.263 e. The lowest BCUT2D eigenvalue weighted by molar-refractivity contribution is 0.0764. The summed E-state index contributed by atoms with van der Waals surface area (Å²) in [5, 5.41) is 0. The van der Waals surface area contributed by atoms with Gasteiger partial charge in [-0.25, -0.2) is 4.39 Å². The summed E-state index contributed by atoms with van der Waals surface area (Å²) in [6.07, 6.45) is 0.803. The van der Waals surface area contributed by atoms with Crippen LogP contribution < -0.4 is 10.5 Å². The number of amides is 1. The SMILES string of the molecule is CCn1c(C)ccc(C(=O)N2CCCN(c3ccc(F)cc3)CC2)c1=O. The van der Waals surface area contributed by atoms with Gasteiger partial charge in [0.15, 0.2) is 0 Å². The van der Waals surface area contributed by atoms with Gasteiger partial charge in [-0.3, -0.25) is 9.59 Å². The van der Waals surface area contributed by atoms with Gasteiger partial charge >= 0.3 is 0 Å². The van der Waals surface area contributed by atoms with E-state index in [4.69, 9.17) is 0 Å². The van der Waals surface area contributed by atoms with Gasteiger partial charge in [0.1, 0.15) is 11.4 Å². The highest BCUT2D eigenvalue weighted by atomic mass is 19.1. The topological polar surface area (TPSA) is 45.6 Å². The molecule has 2 heterocycles. The maximum atomic E-state index is 13.1. The second kappa shape index (κ2) is 7.72. The normalized spacial score (nSPS) is 15.0.